The highest BCUT2D eigenvalue weighted by Crippen LogP contribution is 2.24. The van der Waals surface area contributed by atoms with E-state index < -0.39 is 11.7 Å². The summed E-state index contributed by atoms with van der Waals surface area (Å²) in [5.41, 5.74) is 3.15. The van der Waals surface area contributed by atoms with Crippen LogP contribution in [-0.2, 0) is 0 Å². The van der Waals surface area contributed by atoms with Gasteiger partial charge in [0.15, 0.2) is 5.83 Å². The molecule has 0 nitrogen and oxygen atoms in total. The van der Waals surface area contributed by atoms with Crippen molar-refractivity contribution >= 4 is 5.83 Å². The lowest BCUT2D eigenvalue weighted by Gasteiger charge is -2.01. The number of unbranched alkanes of at least 4 members (excludes halogenated alkanes) is 1. The Balaban J connectivity index is 2.12. The standard InChI is InChI=1S/C21H20F2/c1-3-4-5-20(22)21(23)19-14-12-18(13-15-19)11-10-17-8-6-16(2)7-9-17/h6-9,12-15H,3-5H2,1-2H3. The first-order valence-electron chi connectivity index (χ1n) is 7.83. The quantitative estimate of drug-likeness (QED) is 0.590. The lowest BCUT2D eigenvalue weighted by atomic mass is 10.1. The molecule has 0 aliphatic rings. The molecule has 0 heterocycles. The van der Waals surface area contributed by atoms with Crippen LogP contribution in [0.2, 0.25) is 0 Å². The normalized spacial score (nSPS) is 11.5. The van der Waals surface area contributed by atoms with Gasteiger partial charge in [-0.25, -0.2) is 8.78 Å². The van der Waals surface area contributed by atoms with Gasteiger partial charge in [-0.05, 0) is 37.6 Å². The third kappa shape index (κ3) is 5.07. The van der Waals surface area contributed by atoms with E-state index >= 15 is 0 Å². The van der Waals surface area contributed by atoms with Crippen molar-refractivity contribution in [1.82, 2.24) is 0 Å². The topological polar surface area (TPSA) is 0 Å². The zero-order valence-electron chi connectivity index (χ0n) is 13.5. The van der Waals surface area contributed by atoms with E-state index in [9.17, 15) is 8.78 Å². The zero-order valence-corrected chi connectivity index (χ0v) is 13.5. The van der Waals surface area contributed by atoms with E-state index in [-0.39, 0.29) is 12.0 Å². The van der Waals surface area contributed by atoms with Gasteiger partial charge in [-0.2, -0.15) is 0 Å². The molecular weight excluding hydrogens is 290 g/mol. The second-order valence-corrected chi connectivity index (χ2v) is 5.52. The van der Waals surface area contributed by atoms with Crippen molar-refractivity contribution in [2.75, 3.05) is 0 Å². The summed E-state index contributed by atoms with van der Waals surface area (Å²) in [5, 5.41) is 0. The molecular formula is C21H20F2. The van der Waals surface area contributed by atoms with E-state index in [1.807, 2.05) is 38.1 Å². The minimum Gasteiger partial charge on any atom is -0.209 e. The summed E-state index contributed by atoms with van der Waals surface area (Å²) < 4.78 is 27.6. The first kappa shape index (κ1) is 17.0. The van der Waals surface area contributed by atoms with Crippen LogP contribution >= 0.6 is 0 Å². The van der Waals surface area contributed by atoms with Crippen LogP contribution in [0.3, 0.4) is 0 Å². The van der Waals surface area contributed by atoms with E-state index in [2.05, 4.69) is 11.8 Å². The fraction of sp³-hybridized carbons (Fsp3) is 0.238. The van der Waals surface area contributed by atoms with E-state index in [0.717, 1.165) is 17.5 Å². The van der Waals surface area contributed by atoms with Crippen LogP contribution < -0.4 is 0 Å². The Morgan fingerprint density at radius 2 is 1.39 bits per heavy atom. The summed E-state index contributed by atoms with van der Waals surface area (Å²) >= 11 is 0. The zero-order chi connectivity index (χ0) is 16.7. The summed E-state index contributed by atoms with van der Waals surface area (Å²) in [6.07, 6.45) is 1.64. The molecule has 0 atom stereocenters. The Hall–Kier alpha value is -2.40. The van der Waals surface area contributed by atoms with Crippen LogP contribution in [0.4, 0.5) is 8.78 Å². The number of hydrogen-bond acceptors (Lipinski definition) is 0. The van der Waals surface area contributed by atoms with Gasteiger partial charge in [-0.3, -0.25) is 0 Å². The maximum Gasteiger partial charge on any atom is 0.161 e. The van der Waals surface area contributed by atoms with Crippen LogP contribution in [0.15, 0.2) is 54.4 Å². The van der Waals surface area contributed by atoms with Crippen molar-refractivity contribution in [3.63, 3.8) is 0 Å². The monoisotopic (exact) mass is 310 g/mol. The van der Waals surface area contributed by atoms with Crippen molar-refractivity contribution in [3.05, 3.63) is 76.6 Å². The van der Waals surface area contributed by atoms with Crippen LogP contribution in [0.5, 0.6) is 0 Å². The SMILES string of the molecule is CCCCC(F)=C(F)c1ccc(C#Cc2ccc(C)cc2)cc1. The molecule has 0 aromatic heterocycles. The Bertz CT molecular complexity index is 726. The Labute approximate surface area is 136 Å². The van der Waals surface area contributed by atoms with Crippen molar-refractivity contribution in [2.45, 2.75) is 33.1 Å². The molecule has 0 spiro atoms. The van der Waals surface area contributed by atoms with Gasteiger partial charge < -0.3 is 0 Å². The molecule has 0 fully saturated rings. The van der Waals surface area contributed by atoms with Crippen molar-refractivity contribution in [3.8, 4) is 11.8 Å². The molecule has 0 bridgehead atoms. The second kappa shape index (κ2) is 8.29. The number of benzene rings is 2. The van der Waals surface area contributed by atoms with Crippen LogP contribution in [0, 0.1) is 18.8 Å². The molecule has 0 radical (unpaired) electrons. The lowest BCUT2D eigenvalue weighted by molar-refractivity contribution is 0.548. The molecule has 118 valence electrons. The third-order valence-corrected chi connectivity index (χ3v) is 3.53. The summed E-state index contributed by atoms with van der Waals surface area (Å²) in [7, 11) is 0. The molecule has 0 saturated heterocycles. The number of halogens is 2. The number of aryl methyl sites for hydroxylation is 1. The summed E-state index contributed by atoms with van der Waals surface area (Å²) in [6.45, 7) is 3.98. The maximum atomic E-state index is 13.9. The minimum absolute atomic E-state index is 0.150. The Morgan fingerprint density at radius 3 is 1.91 bits per heavy atom. The number of rotatable bonds is 4. The minimum atomic E-state index is -0.767. The summed E-state index contributed by atoms with van der Waals surface area (Å²) in [5.74, 6) is 4.64. The van der Waals surface area contributed by atoms with Crippen molar-refractivity contribution in [2.24, 2.45) is 0 Å². The second-order valence-electron chi connectivity index (χ2n) is 5.52. The van der Waals surface area contributed by atoms with Crippen molar-refractivity contribution in [1.29, 1.82) is 0 Å². The fourth-order valence-electron chi connectivity index (χ4n) is 2.08. The first-order chi connectivity index (χ1) is 11.1. The van der Waals surface area contributed by atoms with Gasteiger partial charge in [0.25, 0.3) is 0 Å². The molecule has 0 aliphatic heterocycles. The predicted molar refractivity (Wildman–Crippen MR) is 92.3 cm³/mol. The van der Waals surface area contributed by atoms with E-state index in [4.69, 9.17) is 0 Å². The number of allylic oxidation sites excluding steroid dienone is 1. The average Bonchev–Trinajstić information content (AvgIpc) is 2.59. The van der Waals surface area contributed by atoms with Crippen LogP contribution in [0.1, 0.15) is 48.4 Å². The molecule has 2 aromatic carbocycles. The molecule has 0 unspecified atom stereocenters. The van der Waals surface area contributed by atoms with Gasteiger partial charge >= 0.3 is 0 Å². The van der Waals surface area contributed by atoms with Gasteiger partial charge in [0.2, 0.25) is 0 Å². The fourth-order valence-corrected chi connectivity index (χ4v) is 2.08. The van der Waals surface area contributed by atoms with E-state index in [1.165, 1.54) is 5.56 Å². The van der Waals surface area contributed by atoms with E-state index in [0.29, 0.717) is 6.42 Å². The lowest BCUT2D eigenvalue weighted by Crippen LogP contribution is -1.85. The smallest absolute Gasteiger partial charge is 0.161 e. The van der Waals surface area contributed by atoms with Gasteiger partial charge in [0.1, 0.15) is 5.83 Å². The highest BCUT2D eigenvalue weighted by atomic mass is 19.2. The van der Waals surface area contributed by atoms with E-state index in [1.54, 1.807) is 24.3 Å². The number of hydrogen-bond donors (Lipinski definition) is 0. The largest absolute Gasteiger partial charge is 0.209 e. The van der Waals surface area contributed by atoms with Gasteiger partial charge in [-0.15, -0.1) is 0 Å². The van der Waals surface area contributed by atoms with Crippen molar-refractivity contribution < 1.29 is 8.78 Å². The Morgan fingerprint density at radius 1 is 0.870 bits per heavy atom. The average molecular weight is 310 g/mol. The molecule has 0 amide bonds. The molecule has 2 heteroatoms. The van der Waals surface area contributed by atoms with Crippen LogP contribution in [0.25, 0.3) is 5.83 Å². The molecule has 0 aliphatic carbocycles. The molecule has 0 N–H and O–H groups in total. The Kier molecular flexibility index (Phi) is 6.11. The van der Waals surface area contributed by atoms with Gasteiger partial charge in [0, 0.05) is 23.1 Å². The summed E-state index contributed by atoms with van der Waals surface area (Å²) in [4.78, 5) is 0. The first-order valence-corrected chi connectivity index (χ1v) is 7.83. The molecule has 2 aromatic rings. The summed E-state index contributed by atoms with van der Waals surface area (Å²) in [6, 6.07) is 14.5. The maximum absolute atomic E-state index is 13.9. The third-order valence-electron chi connectivity index (χ3n) is 3.53. The molecule has 2 rings (SSSR count). The highest BCUT2D eigenvalue weighted by molar-refractivity contribution is 5.62. The highest BCUT2D eigenvalue weighted by Gasteiger charge is 2.08. The van der Waals surface area contributed by atoms with Crippen LogP contribution in [-0.4, -0.2) is 0 Å². The van der Waals surface area contributed by atoms with Gasteiger partial charge in [0.05, 0.1) is 0 Å². The molecule has 23 heavy (non-hydrogen) atoms. The predicted octanol–water partition coefficient (Wildman–Crippen LogP) is 6.19. The molecule has 0 saturated carbocycles. The van der Waals surface area contributed by atoms with Gasteiger partial charge in [-0.1, -0.05) is 55.0 Å².